The fraction of sp³-hybridized carbons (Fsp3) is 0.182. The van der Waals surface area contributed by atoms with Crippen LogP contribution >= 0.6 is 0 Å². The lowest BCUT2D eigenvalue weighted by Gasteiger charge is -2.13. The molecule has 1 atom stereocenters. The smallest absolute Gasteiger partial charge is 0.338 e. The number of ether oxygens (including phenoxy) is 1. The van der Waals surface area contributed by atoms with Crippen molar-refractivity contribution >= 4 is 23.6 Å². The van der Waals surface area contributed by atoms with Gasteiger partial charge < -0.3 is 4.74 Å². The molecule has 0 aromatic heterocycles. The number of fused-ring (bicyclic) bond motifs is 1. The first-order chi connectivity index (χ1) is 13.3. The summed E-state index contributed by atoms with van der Waals surface area (Å²) in [5, 5.41) is 0. The number of ketones is 1. The van der Waals surface area contributed by atoms with Crippen LogP contribution in [0.25, 0.3) is 0 Å². The second-order valence-electron chi connectivity index (χ2n) is 6.55. The van der Waals surface area contributed by atoms with Crippen molar-refractivity contribution in [1.82, 2.24) is 4.90 Å². The van der Waals surface area contributed by atoms with Crippen molar-refractivity contribution in [3.8, 4) is 0 Å². The SMILES string of the molecule is C=CCN1C(=O)c2ccc(C(=O)OC(C)C(=O)c3ccc(C)cc3)cc2C1=O. The van der Waals surface area contributed by atoms with Gasteiger partial charge in [-0.25, -0.2) is 4.79 Å². The lowest BCUT2D eigenvalue weighted by atomic mass is 10.0. The summed E-state index contributed by atoms with van der Waals surface area (Å²) in [5.41, 5.74) is 1.93. The van der Waals surface area contributed by atoms with Crippen molar-refractivity contribution in [2.75, 3.05) is 6.54 Å². The third-order valence-electron chi connectivity index (χ3n) is 4.51. The van der Waals surface area contributed by atoms with Crippen molar-refractivity contribution in [2.45, 2.75) is 20.0 Å². The van der Waals surface area contributed by atoms with E-state index in [-0.39, 0.29) is 29.0 Å². The van der Waals surface area contributed by atoms with Crippen molar-refractivity contribution in [1.29, 1.82) is 0 Å². The highest BCUT2D eigenvalue weighted by molar-refractivity contribution is 6.22. The predicted molar refractivity (Wildman–Crippen MR) is 102 cm³/mol. The molecule has 1 aliphatic heterocycles. The van der Waals surface area contributed by atoms with Gasteiger partial charge >= 0.3 is 5.97 Å². The maximum absolute atomic E-state index is 12.4. The van der Waals surface area contributed by atoms with Gasteiger partial charge in [0.15, 0.2) is 6.10 Å². The average Bonchev–Trinajstić information content (AvgIpc) is 2.92. The van der Waals surface area contributed by atoms with E-state index in [1.54, 1.807) is 24.3 Å². The lowest BCUT2D eigenvalue weighted by molar-refractivity contribution is 0.0318. The Morgan fingerprint density at radius 2 is 1.64 bits per heavy atom. The van der Waals surface area contributed by atoms with Crippen molar-refractivity contribution in [3.05, 3.63) is 82.9 Å². The average molecular weight is 377 g/mol. The van der Waals surface area contributed by atoms with E-state index in [4.69, 9.17) is 4.74 Å². The molecule has 0 bridgehead atoms. The monoisotopic (exact) mass is 377 g/mol. The van der Waals surface area contributed by atoms with Crippen LogP contribution in [0.1, 0.15) is 53.9 Å². The third-order valence-corrected chi connectivity index (χ3v) is 4.51. The Balaban J connectivity index is 1.76. The van der Waals surface area contributed by atoms with E-state index in [1.807, 2.05) is 6.92 Å². The van der Waals surface area contributed by atoms with Gasteiger partial charge in [-0.1, -0.05) is 35.9 Å². The normalized spacial score (nSPS) is 13.9. The number of benzene rings is 2. The highest BCUT2D eigenvalue weighted by Gasteiger charge is 2.35. The van der Waals surface area contributed by atoms with Crippen molar-refractivity contribution in [3.63, 3.8) is 0 Å². The first kappa shape index (κ1) is 19.2. The molecule has 142 valence electrons. The quantitative estimate of drug-likeness (QED) is 0.334. The second kappa shape index (κ2) is 7.60. The lowest BCUT2D eigenvalue weighted by Crippen LogP contribution is -2.29. The molecule has 0 saturated carbocycles. The summed E-state index contributed by atoms with van der Waals surface area (Å²) in [6.45, 7) is 7.02. The minimum Gasteiger partial charge on any atom is -0.451 e. The molecule has 28 heavy (non-hydrogen) atoms. The Bertz CT molecular complexity index is 990. The van der Waals surface area contributed by atoms with Gasteiger partial charge in [-0.2, -0.15) is 0 Å². The molecule has 0 radical (unpaired) electrons. The Morgan fingerprint density at radius 3 is 2.29 bits per heavy atom. The number of carbonyl (C=O) groups is 4. The number of amides is 2. The van der Waals surface area contributed by atoms with Crippen LogP contribution in [0.4, 0.5) is 0 Å². The van der Waals surface area contributed by atoms with Crippen LogP contribution in [0.2, 0.25) is 0 Å². The number of aryl methyl sites for hydroxylation is 1. The van der Waals surface area contributed by atoms with Crippen LogP contribution in [0.3, 0.4) is 0 Å². The summed E-state index contributed by atoms with van der Waals surface area (Å²) in [7, 11) is 0. The zero-order valence-corrected chi connectivity index (χ0v) is 15.6. The largest absolute Gasteiger partial charge is 0.451 e. The number of hydrogen-bond donors (Lipinski definition) is 0. The number of esters is 1. The minimum atomic E-state index is -0.988. The summed E-state index contributed by atoms with van der Waals surface area (Å²) in [6.07, 6.45) is 0.466. The zero-order valence-electron chi connectivity index (χ0n) is 15.6. The highest BCUT2D eigenvalue weighted by Crippen LogP contribution is 2.24. The third kappa shape index (κ3) is 3.49. The molecule has 0 aliphatic carbocycles. The molecule has 1 heterocycles. The highest BCUT2D eigenvalue weighted by atomic mass is 16.5. The Labute approximate surface area is 162 Å². The summed E-state index contributed by atoms with van der Waals surface area (Å²) in [6, 6.07) is 11.1. The Hall–Kier alpha value is -3.54. The molecule has 6 heteroatoms. The van der Waals surface area contributed by atoms with Gasteiger partial charge in [0.05, 0.1) is 16.7 Å². The van der Waals surface area contributed by atoms with Gasteiger partial charge in [-0.15, -0.1) is 6.58 Å². The van der Waals surface area contributed by atoms with Gasteiger partial charge in [0, 0.05) is 12.1 Å². The first-order valence-electron chi connectivity index (χ1n) is 8.76. The van der Waals surface area contributed by atoms with E-state index >= 15 is 0 Å². The van der Waals surface area contributed by atoms with E-state index in [9.17, 15) is 19.2 Å². The molecule has 1 unspecified atom stereocenters. The van der Waals surface area contributed by atoms with Gasteiger partial charge in [0.2, 0.25) is 5.78 Å². The van der Waals surface area contributed by atoms with Gasteiger partial charge in [0.25, 0.3) is 11.8 Å². The molecule has 2 aromatic rings. The molecule has 2 aromatic carbocycles. The maximum Gasteiger partial charge on any atom is 0.338 e. The summed E-state index contributed by atoms with van der Waals surface area (Å²) in [4.78, 5) is 50.5. The maximum atomic E-state index is 12.4. The van der Waals surface area contributed by atoms with Crippen LogP contribution < -0.4 is 0 Å². The second-order valence-corrected chi connectivity index (χ2v) is 6.55. The predicted octanol–water partition coefficient (Wildman–Crippen LogP) is 3.21. The van der Waals surface area contributed by atoms with E-state index in [0.717, 1.165) is 10.5 Å². The van der Waals surface area contributed by atoms with Gasteiger partial charge in [0.1, 0.15) is 0 Å². The fourth-order valence-corrected chi connectivity index (χ4v) is 2.95. The van der Waals surface area contributed by atoms with Gasteiger partial charge in [-0.3, -0.25) is 19.3 Å². The molecule has 0 spiro atoms. The molecule has 3 rings (SSSR count). The van der Waals surface area contributed by atoms with Crippen LogP contribution in [0.5, 0.6) is 0 Å². The summed E-state index contributed by atoms with van der Waals surface area (Å²) in [5.74, 6) is -1.97. The number of hydrogen-bond acceptors (Lipinski definition) is 5. The number of nitrogens with zero attached hydrogens (tertiary/aromatic N) is 1. The van der Waals surface area contributed by atoms with E-state index in [1.165, 1.54) is 31.2 Å². The van der Waals surface area contributed by atoms with Crippen LogP contribution in [0, 0.1) is 6.92 Å². The molecular formula is C22H19NO5. The van der Waals surface area contributed by atoms with Gasteiger partial charge in [-0.05, 0) is 32.0 Å². The number of imide groups is 1. The van der Waals surface area contributed by atoms with E-state index in [0.29, 0.717) is 5.56 Å². The fourth-order valence-electron chi connectivity index (χ4n) is 2.95. The molecular weight excluding hydrogens is 358 g/mol. The van der Waals surface area contributed by atoms with E-state index < -0.39 is 23.9 Å². The number of carbonyl (C=O) groups excluding carboxylic acids is 4. The Kier molecular flexibility index (Phi) is 5.22. The number of Topliss-reactive ketones (excluding diaryl/α,β-unsaturated/α-hetero) is 1. The zero-order chi connectivity index (χ0) is 20.4. The summed E-state index contributed by atoms with van der Waals surface area (Å²) >= 11 is 0. The molecule has 6 nitrogen and oxygen atoms in total. The minimum absolute atomic E-state index is 0.0915. The molecule has 0 fully saturated rings. The van der Waals surface area contributed by atoms with Crippen LogP contribution in [-0.2, 0) is 4.74 Å². The molecule has 0 saturated heterocycles. The van der Waals surface area contributed by atoms with E-state index in [2.05, 4.69) is 6.58 Å². The molecule has 1 aliphatic rings. The molecule has 2 amide bonds. The first-order valence-corrected chi connectivity index (χ1v) is 8.76. The van der Waals surface area contributed by atoms with Crippen LogP contribution in [-0.4, -0.2) is 41.1 Å². The van der Waals surface area contributed by atoms with Crippen LogP contribution in [0.15, 0.2) is 55.1 Å². The van der Waals surface area contributed by atoms with Crippen molar-refractivity contribution < 1.29 is 23.9 Å². The topological polar surface area (TPSA) is 80.8 Å². The standard InChI is InChI=1S/C22H19NO5/c1-4-11-23-20(25)17-10-9-16(12-18(17)21(23)26)22(27)28-14(3)19(24)15-7-5-13(2)6-8-15/h4-10,12,14H,1,11H2,2-3H3. The molecule has 0 N–H and O–H groups in total. The summed E-state index contributed by atoms with van der Waals surface area (Å²) < 4.78 is 5.26. The number of rotatable bonds is 6. The Morgan fingerprint density at radius 1 is 1.04 bits per heavy atom. The van der Waals surface area contributed by atoms with Crippen molar-refractivity contribution in [2.24, 2.45) is 0 Å².